The largest absolute Gasteiger partial charge is 0.480 e. The molecule has 0 aromatic heterocycles. The first-order chi connectivity index (χ1) is 14.0. The predicted molar refractivity (Wildman–Crippen MR) is 103 cm³/mol. The highest BCUT2D eigenvalue weighted by Crippen LogP contribution is 2.28. The van der Waals surface area contributed by atoms with Crippen molar-refractivity contribution in [2.24, 2.45) is 0 Å². The summed E-state index contributed by atoms with van der Waals surface area (Å²) in [5.74, 6) is -1.13. The highest BCUT2D eigenvalue weighted by atomic mass is 16.5. The van der Waals surface area contributed by atoms with Gasteiger partial charge in [0.2, 0.25) is 0 Å². The van der Waals surface area contributed by atoms with Crippen LogP contribution in [0, 0.1) is 0 Å². The number of morpholine rings is 1. The molecule has 8 heteroatoms. The van der Waals surface area contributed by atoms with Crippen molar-refractivity contribution in [2.45, 2.75) is 18.6 Å². The molecule has 2 amide bonds. The molecule has 4 rings (SSSR count). The number of benzene rings is 2. The number of fused-ring (bicyclic) bond motifs is 1. The van der Waals surface area contributed by atoms with E-state index in [0.717, 1.165) is 5.56 Å². The van der Waals surface area contributed by atoms with Crippen LogP contribution in [-0.2, 0) is 20.7 Å². The molecule has 1 saturated heterocycles. The van der Waals surface area contributed by atoms with Crippen LogP contribution >= 0.6 is 0 Å². The molecule has 0 aliphatic carbocycles. The molecule has 2 aliphatic rings. The average molecular weight is 396 g/mol. The maximum Gasteiger partial charge on any atom is 0.328 e. The quantitative estimate of drug-likeness (QED) is 0.813. The van der Waals surface area contributed by atoms with Gasteiger partial charge in [-0.3, -0.25) is 9.59 Å². The number of carbonyl (C=O) groups is 3. The Kier molecular flexibility index (Phi) is 5.18. The lowest BCUT2D eigenvalue weighted by Gasteiger charge is -2.33. The number of aliphatic carboxylic acids is 1. The van der Waals surface area contributed by atoms with E-state index >= 15 is 0 Å². The van der Waals surface area contributed by atoms with Gasteiger partial charge in [0.1, 0.15) is 5.75 Å². The number of carboxylic acids is 1. The second-order valence-corrected chi connectivity index (χ2v) is 6.92. The number of hydrogen-bond acceptors (Lipinski definition) is 5. The smallest absolute Gasteiger partial charge is 0.328 e. The van der Waals surface area contributed by atoms with E-state index in [1.165, 1.54) is 11.0 Å². The van der Waals surface area contributed by atoms with Crippen LogP contribution < -0.4 is 10.1 Å². The van der Waals surface area contributed by atoms with Crippen LogP contribution in [0.3, 0.4) is 0 Å². The van der Waals surface area contributed by atoms with E-state index < -0.39 is 24.0 Å². The first-order valence-electron chi connectivity index (χ1n) is 9.30. The van der Waals surface area contributed by atoms with Gasteiger partial charge in [0.05, 0.1) is 13.2 Å². The molecule has 2 aromatic rings. The Balaban J connectivity index is 1.45. The van der Waals surface area contributed by atoms with Gasteiger partial charge >= 0.3 is 5.97 Å². The Morgan fingerprint density at radius 2 is 1.93 bits per heavy atom. The number of nitrogens with one attached hydrogen (secondary N) is 1. The summed E-state index contributed by atoms with van der Waals surface area (Å²) in [6, 6.07) is 12.9. The Morgan fingerprint density at radius 1 is 1.10 bits per heavy atom. The fraction of sp³-hybridized carbons (Fsp3) is 0.286. The predicted octanol–water partition coefficient (Wildman–Crippen LogP) is 1.55. The maximum absolute atomic E-state index is 12.8. The second kappa shape index (κ2) is 7.92. The minimum Gasteiger partial charge on any atom is -0.480 e. The fourth-order valence-corrected chi connectivity index (χ4v) is 3.50. The van der Waals surface area contributed by atoms with Crippen molar-refractivity contribution in [1.82, 2.24) is 4.90 Å². The number of carbonyl (C=O) groups excluding carboxylic acids is 2. The van der Waals surface area contributed by atoms with Gasteiger partial charge in [-0.05, 0) is 29.8 Å². The van der Waals surface area contributed by atoms with E-state index in [9.17, 15) is 19.5 Å². The number of carboxylic acid groups (broad SMARTS) is 1. The molecule has 0 spiro atoms. The van der Waals surface area contributed by atoms with Crippen molar-refractivity contribution in [3.63, 3.8) is 0 Å². The summed E-state index contributed by atoms with van der Waals surface area (Å²) in [6.07, 6.45) is -0.156. The fourth-order valence-electron chi connectivity index (χ4n) is 3.50. The number of hydrogen-bond donors (Lipinski definition) is 2. The summed E-state index contributed by atoms with van der Waals surface area (Å²) in [4.78, 5) is 38.1. The van der Waals surface area contributed by atoms with Gasteiger partial charge in [0.25, 0.3) is 11.8 Å². The SMILES string of the molecule is O=C(Nc1cccc(C(=O)N2CCOCC2C(=O)O)c1)C1Cc2ccccc2O1. The zero-order valence-electron chi connectivity index (χ0n) is 15.5. The lowest BCUT2D eigenvalue weighted by Crippen LogP contribution is -2.52. The van der Waals surface area contributed by atoms with Crippen LogP contribution in [0.2, 0.25) is 0 Å². The Hall–Kier alpha value is -3.39. The van der Waals surface area contributed by atoms with E-state index in [0.29, 0.717) is 23.4 Å². The molecular weight excluding hydrogens is 376 g/mol. The van der Waals surface area contributed by atoms with Gasteiger partial charge in [-0.1, -0.05) is 24.3 Å². The third-order valence-electron chi connectivity index (χ3n) is 4.99. The van der Waals surface area contributed by atoms with Crippen LogP contribution in [0.25, 0.3) is 0 Å². The molecule has 29 heavy (non-hydrogen) atoms. The summed E-state index contributed by atoms with van der Waals surface area (Å²) in [5.41, 5.74) is 1.72. The van der Waals surface area contributed by atoms with Gasteiger partial charge in [0.15, 0.2) is 12.1 Å². The second-order valence-electron chi connectivity index (χ2n) is 6.92. The number of amides is 2. The summed E-state index contributed by atoms with van der Waals surface area (Å²) in [5, 5.41) is 12.1. The monoisotopic (exact) mass is 396 g/mol. The Morgan fingerprint density at radius 3 is 2.72 bits per heavy atom. The van der Waals surface area contributed by atoms with Crippen molar-refractivity contribution in [3.8, 4) is 5.75 Å². The normalized spacial score (nSPS) is 20.5. The first-order valence-corrected chi connectivity index (χ1v) is 9.30. The van der Waals surface area contributed by atoms with Crippen molar-refractivity contribution < 1.29 is 29.0 Å². The Labute approximate surface area is 167 Å². The van der Waals surface area contributed by atoms with Crippen LogP contribution in [0.1, 0.15) is 15.9 Å². The molecular formula is C21H20N2O6. The molecule has 0 bridgehead atoms. The number of rotatable bonds is 4. The van der Waals surface area contributed by atoms with Gasteiger partial charge in [0, 0.05) is 24.2 Å². The summed E-state index contributed by atoms with van der Waals surface area (Å²) >= 11 is 0. The van der Waals surface area contributed by atoms with Crippen LogP contribution in [0.5, 0.6) is 5.75 Å². The Bertz CT molecular complexity index is 935. The van der Waals surface area contributed by atoms with Crippen LogP contribution in [0.15, 0.2) is 48.5 Å². The van der Waals surface area contributed by atoms with Crippen molar-refractivity contribution >= 4 is 23.5 Å². The number of para-hydroxylation sites is 1. The highest BCUT2D eigenvalue weighted by molar-refractivity contribution is 6.00. The standard InChI is InChI=1S/C21H20N2O6/c24-19(18-11-13-4-1-2-7-17(13)29-18)22-15-6-3-5-14(10-15)20(25)23-8-9-28-12-16(23)21(26)27/h1-7,10,16,18H,8-9,11-12H2,(H,22,24)(H,26,27). The maximum atomic E-state index is 12.8. The minimum atomic E-state index is -1.11. The van der Waals surface area contributed by atoms with Crippen LogP contribution in [0.4, 0.5) is 5.69 Å². The summed E-state index contributed by atoms with van der Waals surface area (Å²) in [6.45, 7) is 0.434. The van der Waals surface area contributed by atoms with Crippen molar-refractivity contribution in [3.05, 3.63) is 59.7 Å². The zero-order valence-corrected chi connectivity index (χ0v) is 15.5. The molecule has 150 valence electrons. The molecule has 8 nitrogen and oxygen atoms in total. The molecule has 2 N–H and O–H groups in total. The molecule has 1 fully saturated rings. The lowest BCUT2D eigenvalue weighted by molar-refractivity contribution is -0.147. The average Bonchev–Trinajstić information content (AvgIpc) is 3.18. The number of anilines is 1. The van der Waals surface area contributed by atoms with E-state index in [1.807, 2.05) is 24.3 Å². The van der Waals surface area contributed by atoms with E-state index in [-0.39, 0.29) is 25.7 Å². The van der Waals surface area contributed by atoms with Gasteiger partial charge in [-0.15, -0.1) is 0 Å². The molecule has 2 atom stereocenters. The zero-order chi connectivity index (χ0) is 20.4. The number of nitrogens with zero attached hydrogens (tertiary/aromatic N) is 1. The first kappa shape index (κ1) is 18.9. The van der Waals surface area contributed by atoms with Gasteiger partial charge in [-0.25, -0.2) is 4.79 Å². The summed E-state index contributed by atoms with van der Waals surface area (Å²) < 4.78 is 10.9. The molecule has 2 heterocycles. The minimum absolute atomic E-state index is 0.0446. The summed E-state index contributed by atoms with van der Waals surface area (Å²) in [7, 11) is 0. The van der Waals surface area contributed by atoms with Crippen molar-refractivity contribution in [2.75, 3.05) is 25.1 Å². The third-order valence-corrected chi connectivity index (χ3v) is 4.99. The van der Waals surface area contributed by atoms with E-state index in [4.69, 9.17) is 9.47 Å². The van der Waals surface area contributed by atoms with Gasteiger partial charge in [-0.2, -0.15) is 0 Å². The van der Waals surface area contributed by atoms with Crippen LogP contribution in [-0.4, -0.2) is 59.7 Å². The number of ether oxygens (including phenoxy) is 2. The molecule has 2 unspecified atom stereocenters. The third kappa shape index (κ3) is 3.93. The molecule has 0 saturated carbocycles. The van der Waals surface area contributed by atoms with E-state index in [2.05, 4.69) is 5.32 Å². The van der Waals surface area contributed by atoms with Gasteiger partial charge < -0.3 is 24.8 Å². The topological polar surface area (TPSA) is 105 Å². The highest BCUT2D eigenvalue weighted by Gasteiger charge is 2.33. The lowest BCUT2D eigenvalue weighted by atomic mass is 10.1. The molecule has 0 radical (unpaired) electrons. The van der Waals surface area contributed by atoms with Crippen molar-refractivity contribution in [1.29, 1.82) is 0 Å². The molecule has 2 aliphatic heterocycles. The van der Waals surface area contributed by atoms with E-state index in [1.54, 1.807) is 18.2 Å². The molecule has 2 aromatic carbocycles.